The molecule has 0 radical (unpaired) electrons. The highest BCUT2D eigenvalue weighted by Crippen LogP contribution is 2.57. The summed E-state index contributed by atoms with van der Waals surface area (Å²) in [6, 6.07) is 49.0. The number of aromatic amines is 1. The highest BCUT2D eigenvalue weighted by molar-refractivity contribution is 6.16. The molecule has 1 nitrogen and oxygen atoms in total. The molecule has 1 aliphatic rings. The summed E-state index contributed by atoms with van der Waals surface area (Å²) >= 11 is 0. The van der Waals surface area contributed by atoms with Crippen molar-refractivity contribution < 1.29 is 0 Å². The van der Waals surface area contributed by atoms with Crippen LogP contribution in [0.25, 0.3) is 43.7 Å². The van der Waals surface area contributed by atoms with Crippen LogP contribution in [0.15, 0.2) is 133 Å². The van der Waals surface area contributed by atoms with Crippen LogP contribution in [0, 0.1) is 0 Å². The van der Waals surface area contributed by atoms with E-state index < -0.39 is 5.41 Å². The number of rotatable bonds is 2. The van der Waals surface area contributed by atoms with Crippen molar-refractivity contribution in [2.24, 2.45) is 0 Å². The summed E-state index contributed by atoms with van der Waals surface area (Å²) in [5.41, 5.74) is 9.80. The average molecular weight is 458 g/mol. The molecule has 0 spiro atoms. The third-order valence-corrected chi connectivity index (χ3v) is 8.06. The van der Waals surface area contributed by atoms with Crippen LogP contribution >= 0.6 is 0 Å². The first-order valence-electron chi connectivity index (χ1n) is 12.5. The van der Waals surface area contributed by atoms with Crippen LogP contribution in [0.3, 0.4) is 0 Å². The van der Waals surface area contributed by atoms with Gasteiger partial charge in [-0.15, -0.1) is 0 Å². The van der Waals surface area contributed by atoms with Crippen molar-refractivity contribution in [1.82, 2.24) is 4.98 Å². The van der Waals surface area contributed by atoms with Gasteiger partial charge in [0.2, 0.25) is 0 Å². The zero-order chi connectivity index (χ0) is 23.7. The molecule has 1 heteroatoms. The van der Waals surface area contributed by atoms with Crippen molar-refractivity contribution >= 4 is 32.6 Å². The van der Waals surface area contributed by atoms with Gasteiger partial charge in [0.05, 0.1) is 5.41 Å². The minimum Gasteiger partial charge on any atom is -0.355 e. The van der Waals surface area contributed by atoms with E-state index >= 15 is 0 Å². The van der Waals surface area contributed by atoms with E-state index in [9.17, 15) is 0 Å². The highest BCUT2D eigenvalue weighted by atomic mass is 14.7. The normalized spacial score (nSPS) is 13.8. The Labute approximate surface area is 209 Å². The van der Waals surface area contributed by atoms with Crippen molar-refractivity contribution in [3.05, 3.63) is 156 Å². The van der Waals surface area contributed by atoms with Gasteiger partial charge >= 0.3 is 0 Å². The quantitative estimate of drug-likeness (QED) is 0.267. The molecule has 0 saturated carbocycles. The number of H-pyrrole nitrogens is 1. The Balaban J connectivity index is 1.72. The maximum absolute atomic E-state index is 3.72. The van der Waals surface area contributed by atoms with Crippen LogP contribution < -0.4 is 0 Å². The summed E-state index contributed by atoms with van der Waals surface area (Å²) in [7, 11) is 0. The van der Waals surface area contributed by atoms with E-state index in [0.717, 1.165) is 0 Å². The SMILES string of the molecule is c1ccc(C2(c3ccccc3)c3cccc4cccc(c34)-c3ccc4[nH]c5ccccc5c4c32)cc1. The van der Waals surface area contributed by atoms with Gasteiger partial charge in [0.1, 0.15) is 0 Å². The summed E-state index contributed by atoms with van der Waals surface area (Å²) in [6.07, 6.45) is 0. The van der Waals surface area contributed by atoms with Crippen LogP contribution in [0.4, 0.5) is 0 Å². The molecule has 0 bridgehead atoms. The third kappa shape index (κ3) is 2.40. The monoisotopic (exact) mass is 457 g/mol. The molecule has 1 aromatic heterocycles. The fourth-order valence-corrected chi connectivity index (χ4v) is 6.71. The van der Waals surface area contributed by atoms with Gasteiger partial charge in [-0.3, -0.25) is 0 Å². The van der Waals surface area contributed by atoms with E-state index in [1.54, 1.807) is 0 Å². The van der Waals surface area contributed by atoms with Crippen molar-refractivity contribution in [1.29, 1.82) is 0 Å². The molecule has 0 saturated heterocycles. The summed E-state index contributed by atoms with van der Waals surface area (Å²) in [4.78, 5) is 3.72. The summed E-state index contributed by atoms with van der Waals surface area (Å²) in [6.45, 7) is 0. The van der Waals surface area contributed by atoms with E-state index in [1.165, 1.54) is 66.0 Å². The molecular formula is C35H23N. The molecule has 6 aromatic carbocycles. The Kier molecular flexibility index (Phi) is 3.93. The molecule has 0 fully saturated rings. The zero-order valence-electron chi connectivity index (χ0n) is 19.7. The van der Waals surface area contributed by atoms with Crippen LogP contribution in [0.1, 0.15) is 22.3 Å². The topological polar surface area (TPSA) is 15.8 Å². The minimum atomic E-state index is -0.462. The Morgan fingerprint density at radius 2 is 1.11 bits per heavy atom. The maximum atomic E-state index is 3.72. The van der Waals surface area contributed by atoms with Gasteiger partial charge in [-0.1, -0.05) is 121 Å². The number of nitrogens with one attached hydrogen (secondary N) is 1. The minimum absolute atomic E-state index is 0.462. The first-order chi connectivity index (χ1) is 17.9. The van der Waals surface area contributed by atoms with Crippen LogP contribution in [0.5, 0.6) is 0 Å². The predicted octanol–water partition coefficient (Wildman–Crippen LogP) is 8.84. The van der Waals surface area contributed by atoms with Gasteiger partial charge in [-0.05, 0) is 56.3 Å². The Morgan fingerprint density at radius 1 is 0.444 bits per heavy atom. The lowest BCUT2D eigenvalue weighted by molar-refractivity contribution is 0.758. The lowest BCUT2D eigenvalue weighted by Gasteiger charge is -2.42. The average Bonchev–Trinajstić information content (AvgIpc) is 3.33. The van der Waals surface area contributed by atoms with Gasteiger partial charge in [0.25, 0.3) is 0 Å². The van der Waals surface area contributed by atoms with E-state index in [0.29, 0.717) is 0 Å². The first-order valence-corrected chi connectivity index (χ1v) is 12.5. The van der Waals surface area contributed by atoms with Gasteiger partial charge in [0, 0.05) is 21.8 Å². The largest absolute Gasteiger partial charge is 0.355 e. The Morgan fingerprint density at radius 3 is 1.86 bits per heavy atom. The number of fused-ring (bicyclic) bond motifs is 6. The number of hydrogen-bond acceptors (Lipinski definition) is 0. The maximum Gasteiger partial charge on any atom is 0.0720 e. The van der Waals surface area contributed by atoms with E-state index in [2.05, 4.69) is 138 Å². The molecule has 7 aromatic rings. The fraction of sp³-hybridized carbons (Fsp3) is 0.0286. The third-order valence-electron chi connectivity index (χ3n) is 8.06. The summed E-state index contributed by atoms with van der Waals surface area (Å²) in [5.74, 6) is 0. The summed E-state index contributed by atoms with van der Waals surface area (Å²) in [5, 5.41) is 5.21. The zero-order valence-corrected chi connectivity index (χ0v) is 19.7. The molecule has 0 amide bonds. The van der Waals surface area contributed by atoms with E-state index in [4.69, 9.17) is 0 Å². The lowest BCUT2D eigenvalue weighted by atomic mass is 9.59. The Bertz CT molecular complexity index is 1880. The second kappa shape index (κ2) is 7.19. The van der Waals surface area contributed by atoms with Crippen molar-refractivity contribution in [2.45, 2.75) is 5.41 Å². The fourth-order valence-electron chi connectivity index (χ4n) is 6.71. The molecule has 36 heavy (non-hydrogen) atoms. The molecule has 0 unspecified atom stereocenters. The predicted molar refractivity (Wildman–Crippen MR) is 151 cm³/mol. The first kappa shape index (κ1) is 19.7. The number of benzene rings is 6. The molecule has 1 N–H and O–H groups in total. The molecule has 8 rings (SSSR count). The second-order valence-electron chi connectivity index (χ2n) is 9.77. The van der Waals surface area contributed by atoms with Crippen LogP contribution in [0.2, 0.25) is 0 Å². The van der Waals surface area contributed by atoms with Gasteiger partial charge in [-0.2, -0.15) is 0 Å². The standard InChI is InChI=1S/C35H23N/c1-3-13-24(14-4-1)35(25-15-5-2-6-16-25)29-19-10-12-23-11-9-18-26(32(23)29)27-21-22-31-33(34(27)35)28-17-7-8-20-30(28)36-31/h1-22,36H. The molecule has 1 aliphatic carbocycles. The van der Waals surface area contributed by atoms with Gasteiger partial charge in [-0.25, -0.2) is 0 Å². The number of aromatic nitrogens is 1. The molecule has 0 aliphatic heterocycles. The summed E-state index contributed by atoms with van der Waals surface area (Å²) < 4.78 is 0. The van der Waals surface area contributed by atoms with E-state index in [-0.39, 0.29) is 0 Å². The lowest BCUT2D eigenvalue weighted by Crippen LogP contribution is -2.34. The van der Waals surface area contributed by atoms with Crippen molar-refractivity contribution in [3.8, 4) is 11.1 Å². The molecular weight excluding hydrogens is 434 g/mol. The van der Waals surface area contributed by atoms with Crippen molar-refractivity contribution in [3.63, 3.8) is 0 Å². The van der Waals surface area contributed by atoms with Crippen LogP contribution in [-0.2, 0) is 5.41 Å². The second-order valence-corrected chi connectivity index (χ2v) is 9.77. The van der Waals surface area contributed by atoms with Gasteiger partial charge < -0.3 is 4.98 Å². The van der Waals surface area contributed by atoms with Crippen molar-refractivity contribution in [2.75, 3.05) is 0 Å². The Hall–Kier alpha value is -4.62. The number of para-hydroxylation sites is 1. The molecule has 0 atom stereocenters. The smallest absolute Gasteiger partial charge is 0.0720 e. The molecule has 1 heterocycles. The molecule has 168 valence electrons. The van der Waals surface area contributed by atoms with Gasteiger partial charge in [0.15, 0.2) is 0 Å². The number of hydrogen-bond donors (Lipinski definition) is 1. The highest BCUT2D eigenvalue weighted by Gasteiger charge is 2.45. The van der Waals surface area contributed by atoms with Crippen LogP contribution in [-0.4, -0.2) is 4.98 Å². The van der Waals surface area contributed by atoms with E-state index in [1.807, 2.05) is 0 Å².